The molecule has 3 amide bonds. The Balaban J connectivity index is 1.36. The second kappa shape index (κ2) is 12.0. The van der Waals surface area contributed by atoms with Gasteiger partial charge >= 0.3 is 6.09 Å². The highest BCUT2D eigenvalue weighted by molar-refractivity contribution is 5.88. The third kappa shape index (κ3) is 6.14. The second-order valence-corrected chi connectivity index (χ2v) is 9.46. The fourth-order valence-electron chi connectivity index (χ4n) is 5.19. The molecule has 0 spiro atoms. The van der Waals surface area contributed by atoms with Crippen LogP contribution in [0.3, 0.4) is 0 Å². The van der Waals surface area contributed by atoms with E-state index in [2.05, 4.69) is 17.0 Å². The number of para-hydroxylation sites is 1. The summed E-state index contributed by atoms with van der Waals surface area (Å²) in [5, 5.41) is 9.38. The predicted molar refractivity (Wildman–Crippen MR) is 137 cm³/mol. The zero-order valence-electron chi connectivity index (χ0n) is 21.2. The zero-order valence-corrected chi connectivity index (χ0v) is 21.2. The van der Waals surface area contributed by atoms with E-state index < -0.39 is 23.8 Å². The summed E-state index contributed by atoms with van der Waals surface area (Å²) in [6, 6.07) is 16.4. The van der Waals surface area contributed by atoms with E-state index in [-0.39, 0.29) is 18.4 Å². The molecule has 3 atom stereocenters. The van der Waals surface area contributed by atoms with Gasteiger partial charge in [0.1, 0.15) is 11.5 Å². The summed E-state index contributed by atoms with van der Waals surface area (Å²) in [5.41, 5.74) is 2.85. The fourth-order valence-corrected chi connectivity index (χ4v) is 5.19. The number of amides is 3. The number of piperazine rings is 1. The maximum Gasteiger partial charge on any atom is 0.415 e. The van der Waals surface area contributed by atoms with Crippen LogP contribution in [0.2, 0.25) is 0 Å². The lowest BCUT2D eigenvalue weighted by atomic mass is 9.75. The van der Waals surface area contributed by atoms with Gasteiger partial charge in [-0.2, -0.15) is 0 Å². The smallest absolute Gasteiger partial charge is 0.415 e. The molecule has 10 heteroatoms. The number of carbonyl (C=O) groups excluding carboxylic acids is 3. The number of hydrogen-bond acceptors (Lipinski definition) is 7. The number of carbonyl (C=O) groups is 3. The van der Waals surface area contributed by atoms with Crippen LogP contribution in [0.1, 0.15) is 19.3 Å². The Morgan fingerprint density at radius 2 is 1.57 bits per heavy atom. The molecule has 37 heavy (non-hydrogen) atoms. The van der Waals surface area contributed by atoms with Crippen LogP contribution in [0.5, 0.6) is 11.5 Å². The molecule has 1 saturated carbocycles. The minimum atomic E-state index is -0.750. The Morgan fingerprint density at radius 3 is 2.19 bits per heavy atom. The van der Waals surface area contributed by atoms with Crippen LogP contribution in [-0.4, -0.2) is 79.3 Å². The van der Waals surface area contributed by atoms with Gasteiger partial charge in [0.25, 0.3) is 0 Å². The van der Waals surface area contributed by atoms with Gasteiger partial charge in [0, 0.05) is 50.9 Å². The molecule has 2 aliphatic rings. The van der Waals surface area contributed by atoms with Crippen molar-refractivity contribution in [1.29, 1.82) is 0 Å². The summed E-state index contributed by atoms with van der Waals surface area (Å²) in [7, 11) is 3.18. The van der Waals surface area contributed by atoms with Crippen molar-refractivity contribution in [3.63, 3.8) is 0 Å². The number of ether oxygens (including phenoxy) is 2. The standard InChI is InChI=1S/C27H34N4O6/c1-29(27(34)37-22-11-9-21(36-2)10-12-22)20-8-13-23(24(18-20)25(32)28-35)26(33)31-16-14-30(15-17-31)19-6-4-3-5-7-19/h3-7,9-12,20,23-24,35H,8,13-18H2,1-2H3,(H,28,32)/t20-,23+,24+/m1/s1. The normalized spacial score (nSPS) is 21.6. The number of benzene rings is 2. The van der Waals surface area contributed by atoms with E-state index in [4.69, 9.17) is 9.47 Å². The number of nitrogens with zero attached hydrogens (tertiary/aromatic N) is 3. The molecule has 0 aromatic heterocycles. The second-order valence-electron chi connectivity index (χ2n) is 9.46. The van der Waals surface area contributed by atoms with E-state index in [1.807, 2.05) is 23.1 Å². The van der Waals surface area contributed by atoms with Crippen molar-refractivity contribution in [1.82, 2.24) is 15.3 Å². The highest BCUT2D eigenvalue weighted by atomic mass is 16.6. The monoisotopic (exact) mass is 510 g/mol. The van der Waals surface area contributed by atoms with Crippen molar-refractivity contribution in [3.05, 3.63) is 54.6 Å². The van der Waals surface area contributed by atoms with Crippen molar-refractivity contribution in [2.24, 2.45) is 11.8 Å². The third-order valence-corrected chi connectivity index (χ3v) is 7.40. The van der Waals surface area contributed by atoms with Gasteiger partial charge in [-0.05, 0) is 55.7 Å². The fraction of sp³-hybridized carbons (Fsp3) is 0.444. The highest BCUT2D eigenvalue weighted by Crippen LogP contribution is 2.35. The number of rotatable bonds is 6. The number of hydrogen-bond donors (Lipinski definition) is 2. The van der Waals surface area contributed by atoms with Crippen LogP contribution in [0.4, 0.5) is 10.5 Å². The van der Waals surface area contributed by atoms with Gasteiger partial charge in [0.15, 0.2) is 0 Å². The summed E-state index contributed by atoms with van der Waals surface area (Å²) in [6.07, 6.45) is 0.672. The summed E-state index contributed by atoms with van der Waals surface area (Å²) in [6.45, 7) is 2.55. The highest BCUT2D eigenvalue weighted by Gasteiger charge is 2.43. The first-order chi connectivity index (χ1) is 17.9. The summed E-state index contributed by atoms with van der Waals surface area (Å²) in [4.78, 5) is 44.3. The van der Waals surface area contributed by atoms with Crippen molar-refractivity contribution in [2.75, 3.05) is 45.2 Å². The number of nitrogens with one attached hydrogen (secondary N) is 1. The maximum atomic E-state index is 13.5. The van der Waals surface area contributed by atoms with Crippen molar-refractivity contribution < 1.29 is 29.1 Å². The van der Waals surface area contributed by atoms with Gasteiger partial charge in [0.05, 0.1) is 13.0 Å². The number of anilines is 1. The minimum absolute atomic E-state index is 0.0803. The summed E-state index contributed by atoms with van der Waals surface area (Å²) < 4.78 is 10.6. The van der Waals surface area contributed by atoms with Gasteiger partial charge in [0.2, 0.25) is 11.8 Å². The van der Waals surface area contributed by atoms with Crippen LogP contribution in [0.15, 0.2) is 54.6 Å². The molecular weight excluding hydrogens is 476 g/mol. The van der Waals surface area contributed by atoms with E-state index in [1.54, 1.807) is 43.9 Å². The molecule has 2 N–H and O–H groups in total. The first-order valence-electron chi connectivity index (χ1n) is 12.5. The Morgan fingerprint density at radius 1 is 0.919 bits per heavy atom. The molecule has 198 valence electrons. The molecule has 1 heterocycles. The zero-order chi connectivity index (χ0) is 26.4. The predicted octanol–water partition coefficient (Wildman–Crippen LogP) is 2.76. The van der Waals surface area contributed by atoms with Crippen LogP contribution in [-0.2, 0) is 9.59 Å². The van der Waals surface area contributed by atoms with Crippen molar-refractivity contribution >= 4 is 23.6 Å². The molecule has 1 aliphatic carbocycles. The SMILES string of the molecule is COc1ccc(OC(=O)N(C)[C@@H]2CC[C@H](C(=O)N3CCN(c4ccccc4)CC3)[C@@H](C(=O)NO)C2)cc1. The third-order valence-electron chi connectivity index (χ3n) is 7.40. The summed E-state index contributed by atoms with van der Waals surface area (Å²) >= 11 is 0. The van der Waals surface area contributed by atoms with E-state index >= 15 is 0 Å². The van der Waals surface area contributed by atoms with Crippen LogP contribution in [0.25, 0.3) is 0 Å². The topological polar surface area (TPSA) is 112 Å². The Labute approximate surface area is 216 Å². The first kappa shape index (κ1) is 26.3. The first-order valence-corrected chi connectivity index (χ1v) is 12.5. The van der Waals surface area contributed by atoms with Gasteiger partial charge in [-0.25, -0.2) is 10.3 Å². The maximum absolute atomic E-state index is 13.5. The average molecular weight is 511 g/mol. The van der Waals surface area contributed by atoms with Gasteiger partial charge < -0.3 is 24.2 Å². The largest absolute Gasteiger partial charge is 0.497 e. The average Bonchev–Trinajstić information content (AvgIpc) is 2.96. The number of hydroxylamine groups is 1. The summed E-state index contributed by atoms with van der Waals surface area (Å²) in [5.74, 6) is -0.972. The minimum Gasteiger partial charge on any atom is -0.497 e. The molecule has 4 rings (SSSR count). The molecule has 0 unspecified atom stereocenters. The quantitative estimate of drug-likeness (QED) is 0.454. The van der Waals surface area contributed by atoms with Gasteiger partial charge in [-0.3, -0.25) is 14.8 Å². The molecule has 10 nitrogen and oxygen atoms in total. The van der Waals surface area contributed by atoms with E-state index in [1.165, 1.54) is 4.90 Å². The van der Waals surface area contributed by atoms with E-state index in [9.17, 15) is 19.6 Å². The van der Waals surface area contributed by atoms with Crippen LogP contribution < -0.4 is 19.9 Å². The molecule has 0 radical (unpaired) electrons. The van der Waals surface area contributed by atoms with Gasteiger partial charge in [-0.15, -0.1) is 0 Å². The van der Waals surface area contributed by atoms with Crippen LogP contribution >= 0.6 is 0 Å². The lowest BCUT2D eigenvalue weighted by molar-refractivity contribution is -0.148. The van der Waals surface area contributed by atoms with Crippen molar-refractivity contribution in [2.45, 2.75) is 25.3 Å². The Bertz CT molecular complexity index is 1070. The molecule has 0 bridgehead atoms. The van der Waals surface area contributed by atoms with Crippen LogP contribution in [0, 0.1) is 11.8 Å². The lowest BCUT2D eigenvalue weighted by Crippen LogP contribution is -2.54. The molecule has 1 saturated heterocycles. The molecule has 1 aliphatic heterocycles. The van der Waals surface area contributed by atoms with E-state index in [0.717, 1.165) is 5.69 Å². The Hall–Kier alpha value is -3.79. The Kier molecular flexibility index (Phi) is 8.50. The lowest BCUT2D eigenvalue weighted by Gasteiger charge is -2.42. The number of methoxy groups -OCH3 is 1. The van der Waals surface area contributed by atoms with Gasteiger partial charge in [-0.1, -0.05) is 18.2 Å². The van der Waals surface area contributed by atoms with Crippen molar-refractivity contribution in [3.8, 4) is 11.5 Å². The molecule has 2 aromatic carbocycles. The molecular formula is C27H34N4O6. The van der Waals surface area contributed by atoms with E-state index in [0.29, 0.717) is 50.5 Å². The molecule has 2 aromatic rings. The molecule has 2 fully saturated rings.